The average molecular weight is 387 g/mol. The molecule has 0 aliphatic rings. The molecule has 2 rings (SSSR count). The lowest BCUT2D eigenvalue weighted by molar-refractivity contribution is 0.0939. The fourth-order valence-corrected chi connectivity index (χ4v) is 3.64. The monoisotopic (exact) mass is 386 g/mol. The minimum Gasteiger partial charge on any atom is -0.345 e. The van der Waals surface area contributed by atoms with Crippen LogP contribution in [0.4, 0.5) is 0 Å². The van der Waals surface area contributed by atoms with E-state index in [1.807, 2.05) is 0 Å². The first-order valence-corrected chi connectivity index (χ1v) is 9.29. The van der Waals surface area contributed by atoms with Crippen LogP contribution in [0.25, 0.3) is 0 Å². The van der Waals surface area contributed by atoms with Crippen LogP contribution in [0, 0.1) is 6.92 Å². The Morgan fingerprint density at radius 2 is 1.83 bits per heavy atom. The van der Waals surface area contributed by atoms with E-state index in [2.05, 4.69) is 5.32 Å². The zero-order valence-corrected chi connectivity index (χ0v) is 15.3. The van der Waals surface area contributed by atoms with Crippen molar-refractivity contribution in [3.05, 3.63) is 63.1 Å². The smallest absolute Gasteiger partial charge is 0.251 e. The van der Waals surface area contributed by atoms with Gasteiger partial charge in [-0.3, -0.25) is 4.79 Å². The van der Waals surface area contributed by atoms with Crippen molar-refractivity contribution in [2.75, 3.05) is 0 Å². The van der Waals surface area contributed by atoms with Crippen molar-refractivity contribution in [2.45, 2.75) is 24.8 Å². The van der Waals surface area contributed by atoms with Gasteiger partial charge in [0.1, 0.15) is 0 Å². The Morgan fingerprint density at radius 3 is 2.42 bits per heavy atom. The predicted octanol–water partition coefficient (Wildman–Crippen LogP) is 3.44. The molecule has 5 nitrogen and oxygen atoms in total. The van der Waals surface area contributed by atoms with Crippen molar-refractivity contribution in [3.63, 3.8) is 0 Å². The lowest BCUT2D eigenvalue weighted by Gasteiger charge is -2.16. The molecule has 0 spiro atoms. The maximum absolute atomic E-state index is 12.4. The van der Waals surface area contributed by atoms with E-state index in [-0.39, 0.29) is 16.5 Å². The number of sulfonamides is 1. The number of hydrogen-bond acceptors (Lipinski definition) is 3. The van der Waals surface area contributed by atoms with Crippen LogP contribution in [0.3, 0.4) is 0 Å². The fraction of sp³-hybridized carbons (Fsp3) is 0.188. The van der Waals surface area contributed by atoms with Gasteiger partial charge >= 0.3 is 0 Å². The van der Waals surface area contributed by atoms with Crippen molar-refractivity contribution in [1.29, 1.82) is 0 Å². The van der Waals surface area contributed by atoms with Crippen LogP contribution in [0.2, 0.25) is 10.0 Å². The molecule has 0 aliphatic heterocycles. The zero-order valence-electron chi connectivity index (χ0n) is 13.0. The van der Waals surface area contributed by atoms with Gasteiger partial charge in [0.05, 0.1) is 10.9 Å². The van der Waals surface area contributed by atoms with E-state index in [4.69, 9.17) is 28.3 Å². The first-order chi connectivity index (χ1) is 11.1. The molecular formula is C16H16Cl2N2O3S. The Kier molecular flexibility index (Phi) is 5.55. The first kappa shape index (κ1) is 18.7. The van der Waals surface area contributed by atoms with E-state index in [0.717, 1.165) is 0 Å². The predicted molar refractivity (Wildman–Crippen MR) is 94.9 cm³/mol. The lowest BCUT2D eigenvalue weighted by Crippen LogP contribution is -2.27. The highest BCUT2D eigenvalue weighted by atomic mass is 35.5. The van der Waals surface area contributed by atoms with Gasteiger partial charge in [0.25, 0.3) is 5.91 Å². The van der Waals surface area contributed by atoms with Gasteiger partial charge in [0.2, 0.25) is 10.0 Å². The molecule has 0 heterocycles. The summed E-state index contributed by atoms with van der Waals surface area (Å²) < 4.78 is 23.1. The quantitative estimate of drug-likeness (QED) is 0.842. The molecule has 0 saturated heterocycles. The van der Waals surface area contributed by atoms with Crippen LogP contribution in [0.1, 0.15) is 34.5 Å². The number of hydrogen-bond donors (Lipinski definition) is 2. The third kappa shape index (κ3) is 4.27. The number of amides is 1. The Morgan fingerprint density at radius 1 is 1.17 bits per heavy atom. The normalized spacial score (nSPS) is 12.7. The van der Waals surface area contributed by atoms with Crippen LogP contribution >= 0.6 is 23.2 Å². The molecule has 24 heavy (non-hydrogen) atoms. The molecule has 2 aromatic carbocycles. The minimum absolute atomic E-state index is 0.0765. The van der Waals surface area contributed by atoms with E-state index in [1.165, 1.54) is 18.2 Å². The molecule has 0 aliphatic carbocycles. The summed E-state index contributed by atoms with van der Waals surface area (Å²) in [6.07, 6.45) is 0. The van der Waals surface area contributed by atoms with Crippen molar-refractivity contribution in [2.24, 2.45) is 5.14 Å². The summed E-state index contributed by atoms with van der Waals surface area (Å²) >= 11 is 12.0. The molecule has 0 bridgehead atoms. The number of aryl methyl sites for hydroxylation is 1. The highest BCUT2D eigenvalue weighted by Gasteiger charge is 2.18. The van der Waals surface area contributed by atoms with Gasteiger partial charge in [-0.05, 0) is 49.2 Å². The Bertz CT molecular complexity index is 898. The van der Waals surface area contributed by atoms with Gasteiger partial charge in [-0.2, -0.15) is 0 Å². The SMILES string of the molecule is Cc1ccc(C(=O)N[C@@H](C)c2ccc(Cl)cc2Cl)cc1S(N)(=O)=O. The molecular weight excluding hydrogens is 371 g/mol. The van der Waals surface area contributed by atoms with Crippen molar-refractivity contribution in [3.8, 4) is 0 Å². The molecule has 1 amide bonds. The lowest BCUT2D eigenvalue weighted by atomic mass is 10.1. The molecule has 0 radical (unpaired) electrons. The van der Waals surface area contributed by atoms with Crippen molar-refractivity contribution >= 4 is 39.1 Å². The second-order valence-electron chi connectivity index (χ2n) is 5.39. The summed E-state index contributed by atoms with van der Waals surface area (Å²) in [4.78, 5) is 12.3. The molecule has 0 unspecified atom stereocenters. The molecule has 2 aromatic rings. The van der Waals surface area contributed by atoms with E-state index in [9.17, 15) is 13.2 Å². The molecule has 0 aromatic heterocycles. The standard InChI is InChI=1S/C16H16Cl2N2O3S/c1-9-3-4-11(7-15(9)24(19,22)23)16(21)20-10(2)13-6-5-12(17)8-14(13)18/h3-8,10H,1-2H3,(H,20,21)(H2,19,22,23)/t10-/m0/s1. The van der Waals surface area contributed by atoms with Crippen molar-refractivity contribution in [1.82, 2.24) is 5.32 Å². The van der Waals surface area contributed by atoms with Crippen LogP contribution in [0.15, 0.2) is 41.3 Å². The highest BCUT2D eigenvalue weighted by molar-refractivity contribution is 7.89. The van der Waals surface area contributed by atoms with E-state index < -0.39 is 15.9 Å². The number of nitrogens with two attached hydrogens (primary N) is 1. The van der Waals surface area contributed by atoms with Gasteiger partial charge in [-0.1, -0.05) is 35.3 Å². The van der Waals surface area contributed by atoms with Crippen LogP contribution in [-0.2, 0) is 10.0 Å². The first-order valence-electron chi connectivity index (χ1n) is 6.99. The van der Waals surface area contributed by atoms with Gasteiger partial charge in [0.15, 0.2) is 0 Å². The molecule has 0 fully saturated rings. The Labute approximate surface area is 150 Å². The molecule has 0 saturated carbocycles. The number of nitrogens with one attached hydrogen (secondary N) is 1. The summed E-state index contributed by atoms with van der Waals surface area (Å²) in [5.41, 5.74) is 1.37. The van der Waals surface area contributed by atoms with Crippen LogP contribution in [-0.4, -0.2) is 14.3 Å². The molecule has 128 valence electrons. The summed E-state index contributed by atoms with van der Waals surface area (Å²) in [6.45, 7) is 3.37. The molecule has 3 N–H and O–H groups in total. The number of primary sulfonamides is 1. The second-order valence-corrected chi connectivity index (χ2v) is 7.76. The largest absolute Gasteiger partial charge is 0.345 e. The van der Waals surface area contributed by atoms with E-state index in [1.54, 1.807) is 32.0 Å². The average Bonchev–Trinajstić information content (AvgIpc) is 2.46. The van der Waals surface area contributed by atoms with Crippen LogP contribution < -0.4 is 10.5 Å². The van der Waals surface area contributed by atoms with Crippen LogP contribution in [0.5, 0.6) is 0 Å². The fourth-order valence-electron chi connectivity index (χ4n) is 2.26. The number of halogens is 2. The van der Waals surface area contributed by atoms with Gasteiger partial charge in [-0.15, -0.1) is 0 Å². The Balaban J connectivity index is 2.27. The second kappa shape index (κ2) is 7.11. The number of benzene rings is 2. The van der Waals surface area contributed by atoms with E-state index in [0.29, 0.717) is 21.2 Å². The molecule has 8 heteroatoms. The maximum Gasteiger partial charge on any atom is 0.251 e. The molecule has 1 atom stereocenters. The topological polar surface area (TPSA) is 89.3 Å². The van der Waals surface area contributed by atoms with Gasteiger partial charge in [-0.25, -0.2) is 13.6 Å². The van der Waals surface area contributed by atoms with Gasteiger partial charge < -0.3 is 5.32 Å². The van der Waals surface area contributed by atoms with Crippen molar-refractivity contribution < 1.29 is 13.2 Å². The minimum atomic E-state index is -3.90. The van der Waals surface area contributed by atoms with E-state index >= 15 is 0 Å². The summed E-state index contributed by atoms with van der Waals surface area (Å²) in [7, 11) is -3.90. The summed E-state index contributed by atoms with van der Waals surface area (Å²) in [5.74, 6) is -0.432. The zero-order chi connectivity index (χ0) is 18.1. The number of carbonyl (C=O) groups excluding carboxylic acids is 1. The summed E-state index contributed by atoms with van der Waals surface area (Å²) in [6, 6.07) is 8.94. The number of carbonyl (C=O) groups is 1. The third-order valence-electron chi connectivity index (χ3n) is 3.53. The maximum atomic E-state index is 12.4. The number of rotatable bonds is 4. The van der Waals surface area contributed by atoms with Gasteiger partial charge in [0, 0.05) is 15.6 Å². The highest BCUT2D eigenvalue weighted by Crippen LogP contribution is 2.26. The third-order valence-corrected chi connectivity index (χ3v) is 5.15. The Hall–Kier alpha value is -1.60. The summed E-state index contributed by atoms with van der Waals surface area (Å²) in [5, 5.41) is 8.87.